The largest absolute Gasteiger partial charge is 0.447 e. The minimum absolute atomic E-state index is 0.107. The first kappa shape index (κ1) is 9.21. The molecule has 1 unspecified atom stereocenters. The zero-order valence-corrected chi connectivity index (χ0v) is 8.80. The number of aryl methyl sites for hydroxylation is 1. The van der Waals surface area contributed by atoms with E-state index >= 15 is 0 Å². The molecule has 0 bridgehead atoms. The summed E-state index contributed by atoms with van der Waals surface area (Å²) in [5.41, 5.74) is 1.92. The van der Waals surface area contributed by atoms with Crippen LogP contribution >= 0.6 is 0 Å². The van der Waals surface area contributed by atoms with Crippen LogP contribution in [-0.4, -0.2) is 22.5 Å². The Balaban J connectivity index is 2.15. The maximum atomic E-state index is 11.0. The highest BCUT2D eigenvalue weighted by atomic mass is 16.6. The number of aromatic nitrogens is 2. The molecule has 1 atom stereocenters. The van der Waals surface area contributed by atoms with Crippen molar-refractivity contribution < 1.29 is 9.53 Å². The quantitative estimate of drug-likeness (QED) is 0.784. The number of cyclic esters (lactones) is 1. The number of amides is 1. The van der Waals surface area contributed by atoms with Gasteiger partial charge in [0.25, 0.3) is 0 Å². The van der Waals surface area contributed by atoms with Gasteiger partial charge < -0.3 is 10.1 Å². The van der Waals surface area contributed by atoms with Crippen LogP contribution in [0, 0.1) is 0 Å². The molecular formula is C11H11N3O2. The molecule has 1 fully saturated rings. The summed E-state index contributed by atoms with van der Waals surface area (Å²) in [4.78, 5) is 11.0. The summed E-state index contributed by atoms with van der Waals surface area (Å²) >= 11 is 0. The van der Waals surface area contributed by atoms with Gasteiger partial charge in [-0.05, 0) is 6.07 Å². The van der Waals surface area contributed by atoms with E-state index in [9.17, 15) is 4.79 Å². The second-order valence-electron chi connectivity index (χ2n) is 3.82. The van der Waals surface area contributed by atoms with E-state index in [0.29, 0.717) is 6.61 Å². The zero-order valence-electron chi connectivity index (χ0n) is 8.80. The molecule has 0 radical (unpaired) electrons. The molecule has 0 aliphatic carbocycles. The van der Waals surface area contributed by atoms with Gasteiger partial charge in [0.15, 0.2) is 0 Å². The first-order valence-electron chi connectivity index (χ1n) is 5.10. The molecule has 1 amide bonds. The fourth-order valence-corrected chi connectivity index (χ4v) is 2.11. The predicted octanol–water partition coefficient (Wildman–Crippen LogP) is 1.35. The normalized spacial score (nSPS) is 19.8. The Morgan fingerprint density at radius 2 is 2.31 bits per heavy atom. The van der Waals surface area contributed by atoms with Gasteiger partial charge in [0, 0.05) is 12.4 Å². The third-order valence-electron chi connectivity index (χ3n) is 2.79. The number of benzene rings is 1. The van der Waals surface area contributed by atoms with Crippen LogP contribution in [0.2, 0.25) is 0 Å². The molecular weight excluding hydrogens is 206 g/mol. The van der Waals surface area contributed by atoms with Crippen LogP contribution in [0.4, 0.5) is 4.79 Å². The highest BCUT2D eigenvalue weighted by molar-refractivity contribution is 5.83. The van der Waals surface area contributed by atoms with Crippen molar-refractivity contribution in [3.05, 3.63) is 30.0 Å². The van der Waals surface area contributed by atoms with Crippen LogP contribution in [0.5, 0.6) is 0 Å². The summed E-state index contributed by atoms with van der Waals surface area (Å²) in [6.07, 6.45) is -0.365. The van der Waals surface area contributed by atoms with Gasteiger partial charge in [-0.2, -0.15) is 5.10 Å². The standard InChI is InChI=1S/C11H11N3O2/c1-14-10(9-6-16-11(15)12-9)7-4-2-3-5-8(7)13-14/h2-5,9H,6H2,1H3,(H,12,15). The average molecular weight is 217 g/mol. The summed E-state index contributed by atoms with van der Waals surface area (Å²) in [5.74, 6) is 0. The van der Waals surface area contributed by atoms with Gasteiger partial charge in [0.05, 0.1) is 11.2 Å². The summed E-state index contributed by atoms with van der Waals surface area (Å²) in [6.45, 7) is 0.363. The van der Waals surface area contributed by atoms with E-state index in [2.05, 4.69) is 10.4 Å². The molecule has 2 heterocycles. The van der Waals surface area contributed by atoms with E-state index in [-0.39, 0.29) is 12.1 Å². The van der Waals surface area contributed by atoms with E-state index in [4.69, 9.17) is 4.74 Å². The lowest BCUT2D eigenvalue weighted by atomic mass is 10.1. The lowest BCUT2D eigenvalue weighted by Crippen LogP contribution is -2.20. The van der Waals surface area contributed by atoms with Crippen molar-refractivity contribution in [1.82, 2.24) is 15.1 Å². The summed E-state index contributed by atoms with van der Waals surface area (Å²) in [5, 5.41) is 8.22. The predicted molar refractivity (Wildman–Crippen MR) is 57.9 cm³/mol. The Bertz CT molecular complexity index is 561. The zero-order chi connectivity index (χ0) is 11.1. The number of hydrogen-bond donors (Lipinski definition) is 1. The lowest BCUT2D eigenvalue weighted by molar-refractivity contribution is 0.176. The van der Waals surface area contributed by atoms with Gasteiger partial charge in [0.2, 0.25) is 0 Å². The third kappa shape index (κ3) is 1.25. The van der Waals surface area contributed by atoms with Gasteiger partial charge >= 0.3 is 6.09 Å². The number of hydrogen-bond acceptors (Lipinski definition) is 3. The van der Waals surface area contributed by atoms with E-state index in [1.807, 2.05) is 31.3 Å². The van der Waals surface area contributed by atoms with Gasteiger partial charge in [-0.1, -0.05) is 18.2 Å². The second-order valence-corrected chi connectivity index (χ2v) is 3.82. The van der Waals surface area contributed by atoms with Crippen LogP contribution in [0.1, 0.15) is 11.7 Å². The van der Waals surface area contributed by atoms with Gasteiger partial charge in [-0.3, -0.25) is 4.68 Å². The highest BCUT2D eigenvalue weighted by Gasteiger charge is 2.28. The minimum atomic E-state index is -0.365. The maximum Gasteiger partial charge on any atom is 0.407 e. The van der Waals surface area contributed by atoms with Crippen LogP contribution in [0.15, 0.2) is 24.3 Å². The van der Waals surface area contributed by atoms with Crippen molar-refractivity contribution in [3.63, 3.8) is 0 Å². The number of carbonyl (C=O) groups excluding carboxylic acids is 1. The number of fused-ring (bicyclic) bond motifs is 1. The molecule has 82 valence electrons. The Morgan fingerprint density at radius 1 is 1.50 bits per heavy atom. The Morgan fingerprint density at radius 3 is 3.06 bits per heavy atom. The minimum Gasteiger partial charge on any atom is -0.447 e. The SMILES string of the molecule is Cn1nc2ccccc2c1C1COC(=O)N1. The van der Waals surface area contributed by atoms with Gasteiger partial charge in [0.1, 0.15) is 12.6 Å². The number of alkyl carbamates (subject to hydrolysis) is 1. The van der Waals surface area contributed by atoms with E-state index < -0.39 is 0 Å². The Hall–Kier alpha value is -2.04. The van der Waals surface area contributed by atoms with Crippen molar-refractivity contribution in [1.29, 1.82) is 0 Å². The van der Waals surface area contributed by atoms with Crippen LogP contribution in [0.3, 0.4) is 0 Å². The molecule has 1 aromatic heterocycles. The fourth-order valence-electron chi connectivity index (χ4n) is 2.11. The van der Waals surface area contributed by atoms with Crippen molar-refractivity contribution in [2.24, 2.45) is 7.05 Å². The van der Waals surface area contributed by atoms with Crippen molar-refractivity contribution >= 4 is 17.0 Å². The molecule has 5 heteroatoms. The molecule has 2 aromatic rings. The summed E-state index contributed by atoms with van der Waals surface area (Å²) in [7, 11) is 1.87. The first-order valence-corrected chi connectivity index (χ1v) is 5.10. The molecule has 0 spiro atoms. The lowest BCUT2D eigenvalue weighted by Gasteiger charge is -2.07. The highest BCUT2D eigenvalue weighted by Crippen LogP contribution is 2.25. The van der Waals surface area contributed by atoms with E-state index in [1.165, 1.54) is 0 Å². The Labute approximate surface area is 92.0 Å². The Kier molecular flexibility index (Phi) is 1.86. The van der Waals surface area contributed by atoms with Crippen molar-refractivity contribution in [2.75, 3.05) is 6.61 Å². The number of nitrogens with one attached hydrogen (secondary N) is 1. The molecule has 1 aromatic carbocycles. The molecule has 1 N–H and O–H groups in total. The molecule has 1 aliphatic rings. The topological polar surface area (TPSA) is 56.2 Å². The second kappa shape index (κ2) is 3.23. The molecule has 16 heavy (non-hydrogen) atoms. The van der Waals surface area contributed by atoms with Crippen LogP contribution in [-0.2, 0) is 11.8 Å². The maximum absolute atomic E-state index is 11.0. The van der Waals surface area contributed by atoms with Crippen molar-refractivity contribution in [2.45, 2.75) is 6.04 Å². The molecule has 3 rings (SSSR count). The molecule has 1 aliphatic heterocycles. The van der Waals surface area contributed by atoms with E-state index in [1.54, 1.807) is 4.68 Å². The average Bonchev–Trinajstić information content (AvgIpc) is 2.80. The monoisotopic (exact) mass is 217 g/mol. The number of ether oxygens (including phenoxy) is 1. The summed E-state index contributed by atoms with van der Waals surface area (Å²) in [6, 6.07) is 7.76. The first-order chi connectivity index (χ1) is 7.75. The van der Waals surface area contributed by atoms with Crippen LogP contribution < -0.4 is 5.32 Å². The molecule has 0 saturated carbocycles. The van der Waals surface area contributed by atoms with Gasteiger partial charge in [-0.25, -0.2) is 4.79 Å². The fraction of sp³-hybridized carbons (Fsp3) is 0.273. The van der Waals surface area contributed by atoms with Crippen LogP contribution in [0.25, 0.3) is 10.9 Å². The molecule has 1 saturated heterocycles. The number of rotatable bonds is 1. The van der Waals surface area contributed by atoms with E-state index in [0.717, 1.165) is 16.6 Å². The molecule has 5 nitrogen and oxygen atoms in total. The van der Waals surface area contributed by atoms with Gasteiger partial charge in [-0.15, -0.1) is 0 Å². The summed E-state index contributed by atoms with van der Waals surface area (Å²) < 4.78 is 6.70. The number of nitrogens with zero attached hydrogens (tertiary/aromatic N) is 2. The third-order valence-corrected chi connectivity index (χ3v) is 2.79. The number of carbonyl (C=O) groups is 1. The van der Waals surface area contributed by atoms with Crippen molar-refractivity contribution in [3.8, 4) is 0 Å². The smallest absolute Gasteiger partial charge is 0.407 e.